The van der Waals surface area contributed by atoms with E-state index in [0.29, 0.717) is 41.5 Å². The molecule has 4 amide bonds. The Morgan fingerprint density at radius 1 is 0.985 bits per heavy atom. The molecule has 5 N–H and O–H groups in total. The molecular weight excluding hydrogens is 870 g/mol. The Hall–Kier alpha value is -5.75. The first-order chi connectivity index (χ1) is 31.6. The van der Waals surface area contributed by atoms with Gasteiger partial charge in [0.05, 0.1) is 22.7 Å². The number of halogens is 1. The maximum absolute atomic E-state index is 14.1. The molecule has 1 saturated heterocycles. The number of benzene rings is 3. The molecule has 15 heteroatoms. The number of aliphatic hydroxyl groups is 1. The monoisotopic (exact) mass is 935 g/mol. The van der Waals surface area contributed by atoms with E-state index in [1.165, 1.54) is 10.5 Å². The number of carbonyl (C=O) groups is 4. The maximum Gasteiger partial charge on any atom is 0.251 e. The van der Waals surface area contributed by atoms with Gasteiger partial charge in [-0.1, -0.05) is 84.3 Å². The van der Waals surface area contributed by atoms with Gasteiger partial charge in [-0.05, 0) is 85.2 Å². The molecule has 358 valence electrons. The predicted molar refractivity (Wildman–Crippen MR) is 261 cm³/mol. The Balaban J connectivity index is 0.904. The van der Waals surface area contributed by atoms with Crippen LogP contribution in [0, 0.1) is 27.6 Å². The van der Waals surface area contributed by atoms with Crippen molar-refractivity contribution in [1.29, 1.82) is 5.26 Å². The molecule has 2 heterocycles. The second-order valence-electron chi connectivity index (χ2n) is 20.3. The summed E-state index contributed by atoms with van der Waals surface area (Å²) in [6.07, 6.45) is 3.13. The summed E-state index contributed by atoms with van der Waals surface area (Å²) in [6, 6.07) is 20.0. The molecule has 0 bridgehead atoms. The van der Waals surface area contributed by atoms with Gasteiger partial charge in [0, 0.05) is 78.6 Å². The largest absolute Gasteiger partial charge is 0.489 e. The number of aliphatic hydroxyl groups excluding tert-OH is 1. The number of aliphatic imine (C=N–C) groups is 1. The third kappa shape index (κ3) is 11.9. The van der Waals surface area contributed by atoms with Crippen LogP contribution in [-0.2, 0) is 19.1 Å². The summed E-state index contributed by atoms with van der Waals surface area (Å²) in [7, 11) is 0. The van der Waals surface area contributed by atoms with Gasteiger partial charge < -0.3 is 40.7 Å². The highest BCUT2D eigenvalue weighted by molar-refractivity contribution is 6.31. The summed E-state index contributed by atoms with van der Waals surface area (Å²) in [5.74, 6) is -0.853. The average Bonchev–Trinajstić information content (AvgIpc) is 3.90. The van der Waals surface area contributed by atoms with Gasteiger partial charge in [0.25, 0.3) is 5.91 Å². The first kappa shape index (κ1) is 50.7. The van der Waals surface area contributed by atoms with Crippen LogP contribution in [0.15, 0.2) is 77.4 Å². The number of hydrogen-bond acceptors (Lipinski definition) is 10. The van der Waals surface area contributed by atoms with Gasteiger partial charge in [-0.15, -0.1) is 0 Å². The summed E-state index contributed by atoms with van der Waals surface area (Å²) in [5, 5.41) is 32.6. The van der Waals surface area contributed by atoms with E-state index in [0.717, 1.165) is 35.4 Å². The number of β-amino-alcohol motifs (C(OH)–C–C–N with tert-alkyl or cyclic N) is 1. The fourth-order valence-corrected chi connectivity index (χ4v) is 10.0. The fourth-order valence-electron chi connectivity index (χ4n) is 9.79. The molecule has 3 aromatic carbocycles. The number of rotatable bonds is 18. The lowest BCUT2D eigenvalue weighted by Gasteiger charge is -2.63. The highest BCUT2D eigenvalue weighted by Gasteiger charge is 2.64. The number of likely N-dealkylation sites (tertiary alicyclic amines) is 1. The normalized spacial score (nSPS) is 21.4. The zero-order chi connectivity index (χ0) is 48.8. The summed E-state index contributed by atoms with van der Waals surface area (Å²) >= 11 is 6.24. The zero-order valence-corrected chi connectivity index (χ0v) is 40.9. The van der Waals surface area contributed by atoms with Crippen molar-refractivity contribution in [2.75, 3.05) is 31.6 Å². The average molecular weight is 937 g/mol. The standard InChI is InChI=1S/C52H66ClN7O7/c1-31(33-12-14-34(15-13-33)40-22-24-55-32(40)2)57-46(64)42-26-38(61)29-60(42)47(65)44(50(3,4)5)58-43(62)30-66-25-11-10-23-56-37-19-16-35(17-20-37)45(63)59-48-51(6,7)49(52(48,8)9)67-39-21-18-36(28-54)41(53)27-39/h12-21,24,27,31,38,42,44,48-49,56,61H,10-11,22-23,25-26,29-30H2,1-9H3,(H,57,64)(H,58,62)(H,59,63)/t31-,38-,42+,44-,48?,49?/m1/s1. The second kappa shape index (κ2) is 21.0. The van der Waals surface area contributed by atoms with Crippen molar-refractivity contribution < 1.29 is 33.8 Å². The second-order valence-corrected chi connectivity index (χ2v) is 20.7. The molecule has 3 aliphatic rings. The smallest absolute Gasteiger partial charge is 0.251 e. The molecule has 2 aliphatic heterocycles. The summed E-state index contributed by atoms with van der Waals surface area (Å²) in [4.78, 5) is 60.0. The van der Waals surface area contributed by atoms with Crippen molar-refractivity contribution in [3.05, 3.63) is 99.7 Å². The van der Waals surface area contributed by atoms with Crippen LogP contribution >= 0.6 is 11.6 Å². The molecule has 3 aromatic rings. The predicted octanol–water partition coefficient (Wildman–Crippen LogP) is 7.61. The minimum atomic E-state index is -0.960. The molecule has 1 aliphatic carbocycles. The Morgan fingerprint density at radius 2 is 1.67 bits per heavy atom. The Bertz CT molecular complexity index is 2390. The number of allylic oxidation sites excluding steroid dienone is 2. The van der Waals surface area contributed by atoms with Gasteiger partial charge in [0.1, 0.15) is 36.6 Å². The Kier molecular flexibility index (Phi) is 15.9. The number of ether oxygens (including phenoxy) is 2. The third-order valence-electron chi connectivity index (χ3n) is 13.3. The van der Waals surface area contributed by atoms with E-state index in [1.54, 1.807) is 30.3 Å². The molecule has 2 fully saturated rings. The summed E-state index contributed by atoms with van der Waals surface area (Å²) < 4.78 is 12.0. The molecule has 1 saturated carbocycles. The van der Waals surface area contributed by atoms with E-state index in [1.807, 2.05) is 77.2 Å². The fraction of sp³-hybridized carbons (Fsp3) is 0.500. The SMILES string of the molecule is CC1=C(c2ccc([C@@H](C)NC(=O)[C@@H]3C[C@@H](O)CN3C(=O)[C@@H](NC(=O)COCCCCNc3ccc(C(=O)NC4C(C)(C)C(Oc5ccc(C#N)c(Cl)c5)C4(C)C)cc3)C(C)(C)C)cc2)CC=N1. The number of hydrogen-bond donors (Lipinski definition) is 5. The number of unbranched alkanes of at least 4 members (excludes halogenated alkanes) is 1. The minimum Gasteiger partial charge on any atom is -0.489 e. The highest BCUT2D eigenvalue weighted by Crippen LogP contribution is 2.55. The van der Waals surface area contributed by atoms with E-state index in [-0.39, 0.29) is 60.4 Å². The summed E-state index contributed by atoms with van der Waals surface area (Å²) in [5.41, 5.74) is 4.48. The molecule has 0 radical (unpaired) electrons. The van der Waals surface area contributed by atoms with E-state index >= 15 is 0 Å². The highest BCUT2D eigenvalue weighted by atomic mass is 35.5. The van der Waals surface area contributed by atoms with Crippen molar-refractivity contribution in [3.8, 4) is 11.8 Å². The van der Waals surface area contributed by atoms with Gasteiger partial charge in [-0.2, -0.15) is 5.26 Å². The number of nitrogens with zero attached hydrogens (tertiary/aromatic N) is 3. The van der Waals surface area contributed by atoms with Gasteiger partial charge in [0.15, 0.2) is 0 Å². The Morgan fingerprint density at radius 3 is 2.28 bits per heavy atom. The lowest BCUT2D eigenvalue weighted by atomic mass is 9.49. The lowest BCUT2D eigenvalue weighted by molar-refractivity contribution is -0.164. The van der Waals surface area contributed by atoms with Crippen molar-refractivity contribution in [2.24, 2.45) is 21.2 Å². The first-order valence-corrected chi connectivity index (χ1v) is 23.5. The zero-order valence-electron chi connectivity index (χ0n) is 40.2. The van der Waals surface area contributed by atoms with Gasteiger partial charge >= 0.3 is 0 Å². The van der Waals surface area contributed by atoms with Crippen LogP contribution in [0.3, 0.4) is 0 Å². The quantitative estimate of drug-likeness (QED) is 0.0799. The molecule has 4 atom stereocenters. The van der Waals surface area contributed by atoms with Crippen molar-refractivity contribution >= 4 is 52.7 Å². The van der Waals surface area contributed by atoms with E-state index < -0.39 is 35.4 Å². The lowest BCUT2D eigenvalue weighted by Crippen LogP contribution is -2.74. The molecule has 6 rings (SSSR count). The van der Waals surface area contributed by atoms with Crippen LogP contribution < -0.4 is 26.0 Å². The van der Waals surface area contributed by atoms with Crippen molar-refractivity contribution in [2.45, 2.75) is 124 Å². The number of nitrogens with one attached hydrogen (secondary N) is 4. The number of anilines is 1. The van der Waals surface area contributed by atoms with E-state index in [2.05, 4.69) is 60.0 Å². The van der Waals surface area contributed by atoms with Crippen LogP contribution in [0.2, 0.25) is 5.02 Å². The third-order valence-corrected chi connectivity index (χ3v) is 13.6. The van der Waals surface area contributed by atoms with Crippen molar-refractivity contribution in [1.82, 2.24) is 20.9 Å². The topological polar surface area (TPSA) is 194 Å². The van der Waals surface area contributed by atoms with Gasteiger partial charge in [0.2, 0.25) is 17.7 Å². The molecular formula is C52H66ClN7O7. The molecule has 0 unspecified atom stereocenters. The molecule has 14 nitrogen and oxygen atoms in total. The van der Waals surface area contributed by atoms with E-state index in [4.69, 9.17) is 21.1 Å². The van der Waals surface area contributed by atoms with Crippen molar-refractivity contribution in [3.63, 3.8) is 0 Å². The van der Waals surface area contributed by atoms with Gasteiger partial charge in [-0.3, -0.25) is 24.2 Å². The van der Waals surface area contributed by atoms with Gasteiger partial charge in [-0.25, -0.2) is 0 Å². The van der Waals surface area contributed by atoms with Crippen LogP contribution in [-0.4, -0.2) is 96.5 Å². The molecule has 0 spiro atoms. The number of nitriles is 1. The Labute approximate surface area is 399 Å². The molecule has 0 aromatic heterocycles. The van der Waals surface area contributed by atoms with Crippen LogP contribution in [0.1, 0.15) is 121 Å². The number of amides is 4. The van der Waals surface area contributed by atoms with Crippen LogP contribution in [0.5, 0.6) is 5.75 Å². The minimum absolute atomic E-state index is 0.0164. The molecule has 67 heavy (non-hydrogen) atoms. The number of carbonyl (C=O) groups excluding carboxylic acids is 4. The first-order valence-electron chi connectivity index (χ1n) is 23.1. The summed E-state index contributed by atoms with van der Waals surface area (Å²) in [6.45, 7) is 18.4. The van der Waals surface area contributed by atoms with Crippen LogP contribution in [0.25, 0.3) is 5.57 Å². The van der Waals surface area contributed by atoms with E-state index in [9.17, 15) is 29.5 Å². The van der Waals surface area contributed by atoms with Crippen LogP contribution in [0.4, 0.5) is 5.69 Å². The maximum atomic E-state index is 14.1.